The number of benzene rings is 2. The molecule has 0 aliphatic carbocycles. The summed E-state index contributed by atoms with van der Waals surface area (Å²) < 4.78 is 0.876. The molecular formula is C17H18BrN3O2. The van der Waals surface area contributed by atoms with Crippen molar-refractivity contribution in [3.05, 3.63) is 64.1 Å². The molecule has 0 aliphatic heterocycles. The highest BCUT2D eigenvalue weighted by molar-refractivity contribution is 9.10. The van der Waals surface area contributed by atoms with Gasteiger partial charge in [-0.2, -0.15) is 0 Å². The molecule has 120 valence electrons. The van der Waals surface area contributed by atoms with Crippen LogP contribution in [0.1, 0.15) is 23.6 Å². The summed E-state index contributed by atoms with van der Waals surface area (Å²) in [6.07, 6.45) is 0.0975. The molecule has 0 aromatic heterocycles. The van der Waals surface area contributed by atoms with E-state index in [4.69, 9.17) is 5.73 Å². The van der Waals surface area contributed by atoms with Gasteiger partial charge in [-0.3, -0.25) is 4.79 Å². The molecule has 6 heteroatoms. The van der Waals surface area contributed by atoms with Crippen molar-refractivity contribution in [1.82, 2.24) is 5.32 Å². The monoisotopic (exact) mass is 375 g/mol. The lowest BCUT2D eigenvalue weighted by Gasteiger charge is -2.19. The molecule has 0 bridgehead atoms. The molecule has 2 aromatic rings. The Morgan fingerprint density at radius 2 is 1.91 bits per heavy atom. The molecule has 23 heavy (non-hydrogen) atoms. The van der Waals surface area contributed by atoms with Crippen molar-refractivity contribution in [2.75, 3.05) is 5.32 Å². The molecule has 1 atom stereocenters. The first-order chi connectivity index (χ1) is 11.0. The Bertz CT molecular complexity index is 718. The van der Waals surface area contributed by atoms with Gasteiger partial charge >= 0.3 is 6.03 Å². The van der Waals surface area contributed by atoms with Crippen molar-refractivity contribution in [3.8, 4) is 0 Å². The normalized spacial score (nSPS) is 11.6. The van der Waals surface area contributed by atoms with Crippen LogP contribution in [0, 0.1) is 6.92 Å². The highest BCUT2D eigenvalue weighted by Gasteiger charge is 2.19. The molecule has 3 amide bonds. The Balaban J connectivity index is 2.13. The predicted octanol–water partition coefficient (Wildman–Crippen LogP) is 3.50. The summed E-state index contributed by atoms with van der Waals surface area (Å²) in [6.45, 7) is 1.93. The highest BCUT2D eigenvalue weighted by Crippen LogP contribution is 2.22. The van der Waals surface area contributed by atoms with Crippen molar-refractivity contribution >= 4 is 33.6 Å². The summed E-state index contributed by atoms with van der Waals surface area (Å²) in [6, 6.07) is 13.8. The number of nitrogens with one attached hydrogen (secondary N) is 2. The SMILES string of the molecule is Cc1ccccc1C(CC(=O)Nc1cccc(Br)c1)NC(N)=O. The molecule has 0 radical (unpaired) electrons. The van der Waals surface area contributed by atoms with E-state index in [-0.39, 0.29) is 12.3 Å². The van der Waals surface area contributed by atoms with Crippen molar-refractivity contribution in [3.63, 3.8) is 0 Å². The number of primary amides is 1. The van der Waals surface area contributed by atoms with Gasteiger partial charge in [0.2, 0.25) is 5.91 Å². The smallest absolute Gasteiger partial charge is 0.312 e. The van der Waals surface area contributed by atoms with Gasteiger partial charge in [-0.25, -0.2) is 4.79 Å². The van der Waals surface area contributed by atoms with E-state index >= 15 is 0 Å². The number of urea groups is 1. The lowest BCUT2D eigenvalue weighted by molar-refractivity contribution is -0.116. The first-order valence-electron chi connectivity index (χ1n) is 7.12. The fourth-order valence-electron chi connectivity index (χ4n) is 2.35. The Hall–Kier alpha value is -2.34. The molecular weight excluding hydrogens is 358 g/mol. The van der Waals surface area contributed by atoms with Crippen molar-refractivity contribution in [2.45, 2.75) is 19.4 Å². The second-order valence-electron chi connectivity index (χ2n) is 5.18. The Labute approximate surface area is 143 Å². The van der Waals surface area contributed by atoms with Crippen LogP contribution < -0.4 is 16.4 Å². The number of carbonyl (C=O) groups is 2. The van der Waals surface area contributed by atoms with Gasteiger partial charge in [0, 0.05) is 10.2 Å². The molecule has 5 nitrogen and oxygen atoms in total. The number of nitrogens with two attached hydrogens (primary N) is 1. The summed E-state index contributed by atoms with van der Waals surface area (Å²) in [7, 11) is 0. The lowest BCUT2D eigenvalue weighted by Crippen LogP contribution is -2.35. The Morgan fingerprint density at radius 3 is 2.57 bits per heavy atom. The average molecular weight is 376 g/mol. The molecule has 0 saturated carbocycles. The zero-order valence-electron chi connectivity index (χ0n) is 12.7. The number of amides is 3. The van der Waals surface area contributed by atoms with Crippen LogP contribution in [-0.4, -0.2) is 11.9 Å². The molecule has 0 aliphatic rings. The van der Waals surface area contributed by atoms with E-state index in [1.54, 1.807) is 6.07 Å². The van der Waals surface area contributed by atoms with E-state index in [1.807, 2.05) is 49.4 Å². The van der Waals surface area contributed by atoms with Crippen LogP contribution in [0.4, 0.5) is 10.5 Å². The van der Waals surface area contributed by atoms with Gasteiger partial charge in [0.1, 0.15) is 0 Å². The van der Waals surface area contributed by atoms with Gasteiger partial charge in [0.15, 0.2) is 0 Å². The van der Waals surface area contributed by atoms with E-state index < -0.39 is 12.1 Å². The number of rotatable bonds is 5. The molecule has 0 spiro atoms. The van der Waals surface area contributed by atoms with Crippen LogP contribution in [0.15, 0.2) is 53.0 Å². The molecule has 0 saturated heterocycles. The standard InChI is InChI=1S/C17H18BrN3O2/c1-11-5-2-3-8-14(11)15(21-17(19)23)10-16(22)20-13-7-4-6-12(18)9-13/h2-9,15H,10H2,1H3,(H,20,22)(H3,19,21,23). The molecule has 0 fully saturated rings. The Morgan fingerprint density at radius 1 is 1.17 bits per heavy atom. The summed E-state index contributed by atoms with van der Waals surface area (Å²) >= 11 is 3.36. The highest BCUT2D eigenvalue weighted by atomic mass is 79.9. The van der Waals surface area contributed by atoms with E-state index in [0.717, 1.165) is 15.6 Å². The van der Waals surface area contributed by atoms with Crippen molar-refractivity contribution in [1.29, 1.82) is 0 Å². The maximum atomic E-state index is 12.3. The number of aryl methyl sites for hydroxylation is 1. The van der Waals surface area contributed by atoms with E-state index in [2.05, 4.69) is 26.6 Å². The van der Waals surface area contributed by atoms with Crippen molar-refractivity contribution in [2.24, 2.45) is 5.73 Å². The minimum absolute atomic E-state index is 0.0975. The molecule has 0 heterocycles. The second-order valence-corrected chi connectivity index (χ2v) is 6.10. The van der Waals surface area contributed by atoms with Crippen LogP contribution >= 0.6 is 15.9 Å². The summed E-state index contributed by atoms with van der Waals surface area (Å²) in [4.78, 5) is 23.5. The lowest BCUT2D eigenvalue weighted by atomic mass is 9.98. The van der Waals surface area contributed by atoms with Crippen LogP contribution in [-0.2, 0) is 4.79 Å². The van der Waals surface area contributed by atoms with E-state index in [9.17, 15) is 9.59 Å². The second kappa shape index (κ2) is 7.78. The zero-order chi connectivity index (χ0) is 16.8. The zero-order valence-corrected chi connectivity index (χ0v) is 14.3. The topological polar surface area (TPSA) is 84.2 Å². The number of hydrogen-bond donors (Lipinski definition) is 3. The molecule has 2 rings (SSSR count). The van der Waals surface area contributed by atoms with Gasteiger partial charge in [0.25, 0.3) is 0 Å². The van der Waals surface area contributed by atoms with Gasteiger partial charge in [-0.05, 0) is 36.2 Å². The van der Waals surface area contributed by atoms with Gasteiger partial charge < -0.3 is 16.4 Å². The Kier molecular flexibility index (Phi) is 5.76. The fourth-order valence-corrected chi connectivity index (χ4v) is 2.75. The average Bonchev–Trinajstić information content (AvgIpc) is 2.46. The quantitative estimate of drug-likeness (QED) is 0.746. The number of carbonyl (C=O) groups excluding carboxylic acids is 2. The van der Waals surface area contributed by atoms with E-state index in [1.165, 1.54) is 0 Å². The molecule has 1 unspecified atom stereocenters. The summed E-state index contributed by atoms with van der Waals surface area (Å²) in [5, 5.41) is 5.45. The van der Waals surface area contributed by atoms with Crippen molar-refractivity contribution < 1.29 is 9.59 Å². The van der Waals surface area contributed by atoms with Gasteiger partial charge in [-0.1, -0.05) is 46.3 Å². The first kappa shape index (κ1) is 17.0. The van der Waals surface area contributed by atoms with E-state index in [0.29, 0.717) is 5.69 Å². The number of halogens is 1. The molecule has 4 N–H and O–H groups in total. The minimum Gasteiger partial charge on any atom is -0.352 e. The van der Waals surface area contributed by atoms with Crippen LogP contribution in [0.5, 0.6) is 0 Å². The third-order valence-electron chi connectivity index (χ3n) is 3.38. The summed E-state index contributed by atoms with van der Waals surface area (Å²) in [5.41, 5.74) is 7.79. The van der Waals surface area contributed by atoms with Crippen LogP contribution in [0.2, 0.25) is 0 Å². The van der Waals surface area contributed by atoms with Crippen LogP contribution in [0.3, 0.4) is 0 Å². The predicted molar refractivity (Wildman–Crippen MR) is 94.0 cm³/mol. The number of hydrogen-bond acceptors (Lipinski definition) is 2. The number of anilines is 1. The van der Waals surface area contributed by atoms with Gasteiger partial charge in [-0.15, -0.1) is 0 Å². The fraction of sp³-hybridized carbons (Fsp3) is 0.176. The largest absolute Gasteiger partial charge is 0.352 e. The maximum absolute atomic E-state index is 12.3. The third kappa shape index (κ3) is 5.10. The molecule has 2 aromatic carbocycles. The third-order valence-corrected chi connectivity index (χ3v) is 3.87. The minimum atomic E-state index is -0.659. The van der Waals surface area contributed by atoms with Gasteiger partial charge in [0.05, 0.1) is 12.5 Å². The summed E-state index contributed by atoms with van der Waals surface area (Å²) in [5.74, 6) is -0.204. The maximum Gasteiger partial charge on any atom is 0.312 e. The first-order valence-corrected chi connectivity index (χ1v) is 7.92. The van der Waals surface area contributed by atoms with Crippen LogP contribution in [0.25, 0.3) is 0 Å².